The Hall–Kier alpha value is -0.930. The van der Waals surface area contributed by atoms with Gasteiger partial charge in [0.15, 0.2) is 0 Å². The molecule has 0 spiro atoms. The molecule has 0 heterocycles. The van der Waals surface area contributed by atoms with Crippen molar-refractivity contribution in [1.82, 2.24) is 0 Å². The Balaban J connectivity index is 1.97. The summed E-state index contributed by atoms with van der Waals surface area (Å²) >= 11 is 0. The van der Waals surface area contributed by atoms with Gasteiger partial charge in [-0.15, -0.1) is 0 Å². The van der Waals surface area contributed by atoms with Crippen molar-refractivity contribution in [3.8, 4) is 0 Å². The van der Waals surface area contributed by atoms with E-state index in [1.807, 2.05) is 12.1 Å². The predicted molar refractivity (Wildman–Crippen MR) is 70.7 cm³/mol. The Morgan fingerprint density at radius 2 is 1.94 bits per heavy atom. The van der Waals surface area contributed by atoms with Gasteiger partial charge in [-0.25, -0.2) is 4.39 Å². The van der Waals surface area contributed by atoms with Crippen LogP contribution >= 0.6 is 0 Å². The standard InChI is InChI=1S/C15H22FNO/c16-14-4-2-1-3-12(14)5-8-15(11-17)9-6-13(18)7-10-15/h1-4,13,18H,5-11,17H2. The highest BCUT2D eigenvalue weighted by Gasteiger charge is 2.33. The van der Waals surface area contributed by atoms with Crippen LogP contribution in [0.3, 0.4) is 0 Å². The van der Waals surface area contributed by atoms with E-state index in [1.165, 1.54) is 6.07 Å². The molecule has 0 unspecified atom stereocenters. The number of halogens is 1. The lowest BCUT2D eigenvalue weighted by Crippen LogP contribution is -2.36. The number of aliphatic hydroxyl groups excluding tert-OH is 1. The van der Waals surface area contributed by atoms with Crippen molar-refractivity contribution in [2.45, 2.75) is 44.6 Å². The minimum Gasteiger partial charge on any atom is -0.393 e. The van der Waals surface area contributed by atoms with Gasteiger partial charge in [0.2, 0.25) is 0 Å². The van der Waals surface area contributed by atoms with Crippen LogP contribution in [0.5, 0.6) is 0 Å². The van der Waals surface area contributed by atoms with Gasteiger partial charge < -0.3 is 10.8 Å². The van der Waals surface area contributed by atoms with E-state index in [-0.39, 0.29) is 17.3 Å². The van der Waals surface area contributed by atoms with Crippen LogP contribution in [0, 0.1) is 11.2 Å². The summed E-state index contributed by atoms with van der Waals surface area (Å²) in [6, 6.07) is 6.94. The number of hydrogen-bond acceptors (Lipinski definition) is 2. The first kappa shape index (κ1) is 13.5. The third-order valence-corrected chi connectivity index (χ3v) is 4.33. The lowest BCUT2D eigenvalue weighted by atomic mass is 9.70. The van der Waals surface area contributed by atoms with Crippen LogP contribution in [-0.4, -0.2) is 17.8 Å². The van der Waals surface area contributed by atoms with Crippen molar-refractivity contribution in [2.24, 2.45) is 11.1 Å². The van der Waals surface area contributed by atoms with Crippen LogP contribution in [0.1, 0.15) is 37.7 Å². The van der Waals surface area contributed by atoms with E-state index in [4.69, 9.17) is 5.73 Å². The molecule has 0 bridgehead atoms. The molecule has 1 aliphatic carbocycles. The van der Waals surface area contributed by atoms with Crippen molar-refractivity contribution in [1.29, 1.82) is 0 Å². The molecule has 2 rings (SSSR count). The predicted octanol–water partition coefficient (Wildman–Crippen LogP) is 2.64. The second-order valence-corrected chi connectivity index (χ2v) is 5.53. The molecular weight excluding hydrogens is 229 g/mol. The molecule has 100 valence electrons. The summed E-state index contributed by atoms with van der Waals surface area (Å²) in [5.41, 5.74) is 6.78. The van der Waals surface area contributed by atoms with Gasteiger partial charge in [-0.1, -0.05) is 18.2 Å². The molecule has 3 heteroatoms. The number of benzene rings is 1. The quantitative estimate of drug-likeness (QED) is 0.864. The fourth-order valence-electron chi connectivity index (χ4n) is 2.87. The van der Waals surface area contributed by atoms with Crippen LogP contribution < -0.4 is 5.73 Å². The zero-order chi connectivity index (χ0) is 13.0. The molecule has 0 amide bonds. The number of nitrogens with two attached hydrogens (primary N) is 1. The average molecular weight is 251 g/mol. The maximum atomic E-state index is 13.6. The van der Waals surface area contributed by atoms with Crippen molar-refractivity contribution in [3.63, 3.8) is 0 Å². The van der Waals surface area contributed by atoms with Crippen LogP contribution in [-0.2, 0) is 6.42 Å². The molecule has 3 N–H and O–H groups in total. The summed E-state index contributed by atoms with van der Waals surface area (Å²) in [4.78, 5) is 0. The van der Waals surface area contributed by atoms with Gasteiger partial charge in [-0.2, -0.15) is 0 Å². The molecule has 0 radical (unpaired) electrons. The lowest BCUT2D eigenvalue weighted by Gasteiger charge is -2.38. The number of aliphatic hydroxyl groups is 1. The Morgan fingerprint density at radius 1 is 1.28 bits per heavy atom. The molecule has 0 saturated heterocycles. The van der Waals surface area contributed by atoms with Gasteiger partial charge in [0.25, 0.3) is 0 Å². The molecule has 0 aromatic heterocycles. The molecule has 1 fully saturated rings. The van der Waals surface area contributed by atoms with E-state index in [9.17, 15) is 9.50 Å². The number of rotatable bonds is 4. The van der Waals surface area contributed by atoms with Gasteiger partial charge in [0, 0.05) is 0 Å². The monoisotopic (exact) mass is 251 g/mol. The maximum Gasteiger partial charge on any atom is 0.126 e. The largest absolute Gasteiger partial charge is 0.393 e. The topological polar surface area (TPSA) is 46.2 Å². The Labute approximate surface area is 108 Å². The summed E-state index contributed by atoms with van der Waals surface area (Å²) in [5, 5.41) is 9.57. The molecular formula is C15H22FNO. The average Bonchev–Trinajstić information content (AvgIpc) is 2.40. The van der Waals surface area contributed by atoms with Crippen LogP contribution in [0.25, 0.3) is 0 Å². The fraction of sp³-hybridized carbons (Fsp3) is 0.600. The van der Waals surface area contributed by atoms with Crippen LogP contribution in [0.15, 0.2) is 24.3 Å². The third kappa shape index (κ3) is 3.09. The second kappa shape index (κ2) is 5.81. The van der Waals surface area contributed by atoms with Gasteiger partial charge in [-0.05, 0) is 62.1 Å². The fourth-order valence-corrected chi connectivity index (χ4v) is 2.87. The molecule has 0 atom stereocenters. The van der Waals surface area contributed by atoms with Crippen LogP contribution in [0.2, 0.25) is 0 Å². The van der Waals surface area contributed by atoms with Crippen LogP contribution in [0.4, 0.5) is 4.39 Å². The summed E-state index contributed by atoms with van der Waals surface area (Å²) < 4.78 is 13.6. The summed E-state index contributed by atoms with van der Waals surface area (Å²) in [6.07, 6.45) is 5.05. The van der Waals surface area contributed by atoms with E-state index in [1.54, 1.807) is 6.07 Å². The molecule has 1 aromatic rings. The van der Waals surface area contributed by atoms with E-state index in [0.717, 1.165) is 44.1 Å². The molecule has 2 nitrogen and oxygen atoms in total. The van der Waals surface area contributed by atoms with Gasteiger partial charge in [0.1, 0.15) is 5.82 Å². The van der Waals surface area contributed by atoms with E-state index in [2.05, 4.69) is 0 Å². The summed E-state index contributed by atoms with van der Waals surface area (Å²) in [6.45, 7) is 0.633. The van der Waals surface area contributed by atoms with Gasteiger partial charge in [0.05, 0.1) is 6.10 Å². The Bertz CT molecular complexity index is 386. The Morgan fingerprint density at radius 3 is 2.56 bits per heavy atom. The molecule has 1 aromatic carbocycles. The molecule has 1 saturated carbocycles. The molecule has 1 aliphatic rings. The highest BCUT2D eigenvalue weighted by molar-refractivity contribution is 5.17. The number of hydrogen-bond donors (Lipinski definition) is 2. The van der Waals surface area contributed by atoms with Crippen molar-refractivity contribution in [2.75, 3.05) is 6.54 Å². The smallest absolute Gasteiger partial charge is 0.126 e. The minimum absolute atomic E-state index is 0.0987. The third-order valence-electron chi connectivity index (χ3n) is 4.33. The van der Waals surface area contributed by atoms with Crippen molar-refractivity contribution < 1.29 is 9.50 Å². The Kier molecular flexibility index (Phi) is 4.36. The first-order valence-corrected chi connectivity index (χ1v) is 6.77. The van der Waals surface area contributed by atoms with Crippen molar-refractivity contribution >= 4 is 0 Å². The first-order valence-electron chi connectivity index (χ1n) is 6.77. The summed E-state index contributed by atoms with van der Waals surface area (Å²) in [5.74, 6) is -0.125. The minimum atomic E-state index is -0.168. The second-order valence-electron chi connectivity index (χ2n) is 5.53. The van der Waals surface area contributed by atoms with E-state index < -0.39 is 0 Å². The SMILES string of the molecule is NCC1(CCc2ccccc2F)CCC(O)CC1. The summed E-state index contributed by atoms with van der Waals surface area (Å²) in [7, 11) is 0. The maximum absolute atomic E-state index is 13.6. The normalized spacial score (nSPS) is 28.3. The highest BCUT2D eigenvalue weighted by Crippen LogP contribution is 2.39. The highest BCUT2D eigenvalue weighted by atomic mass is 19.1. The van der Waals surface area contributed by atoms with E-state index in [0.29, 0.717) is 6.54 Å². The lowest BCUT2D eigenvalue weighted by molar-refractivity contribution is 0.0618. The van der Waals surface area contributed by atoms with Gasteiger partial charge in [-0.3, -0.25) is 0 Å². The first-order chi connectivity index (χ1) is 8.65. The molecule has 0 aliphatic heterocycles. The van der Waals surface area contributed by atoms with Crippen molar-refractivity contribution in [3.05, 3.63) is 35.6 Å². The van der Waals surface area contributed by atoms with E-state index >= 15 is 0 Å². The zero-order valence-electron chi connectivity index (χ0n) is 10.7. The van der Waals surface area contributed by atoms with Gasteiger partial charge >= 0.3 is 0 Å². The number of aryl methyl sites for hydroxylation is 1. The zero-order valence-corrected chi connectivity index (χ0v) is 10.7. The molecule has 18 heavy (non-hydrogen) atoms.